The van der Waals surface area contributed by atoms with Crippen LogP contribution >= 0.6 is 0 Å². The van der Waals surface area contributed by atoms with Gasteiger partial charge in [0.25, 0.3) is 0 Å². The molecule has 1 saturated heterocycles. The fourth-order valence-corrected chi connectivity index (χ4v) is 3.62. The number of morpholine rings is 1. The van der Waals surface area contributed by atoms with Gasteiger partial charge >= 0.3 is 0 Å². The van der Waals surface area contributed by atoms with Crippen molar-refractivity contribution < 1.29 is 28.4 Å². The highest BCUT2D eigenvalue weighted by atomic mass is 19.1. The number of ether oxygens (including phenoxy) is 4. The first-order chi connectivity index (χ1) is 13.6. The summed E-state index contributed by atoms with van der Waals surface area (Å²) in [4.78, 5) is 2.17. The molecular weight excluding hydrogens is 365 g/mol. The van der Waals surface area contributed by atoms with Crippen molar-refractivity contribution in [2.75, 3.05) is 41.1 Å². The van der Waals surface area contributed by atoms with E-state index in [0.29, 0.717) is 31.2 Å². The fraction of sp³-hybridized carbons (Fsp3) is 0.429. The van der Waals surface area contributed by atoms with Gasteiger partial charge in [-0.3, -0.25) is 4.90 Å². The minimum atomic E-state index is -0.394. The summed E-state index contributed by atoms with van der Waals surface area (Å²) >= 11 is 0. The molecule has 0 bridgehead atoms. The van der Waals surface area contributed by atoms with E-state index in [0.717, 1.165) is 11.1 Å². The molecule has 28 heavy (non-hydrogen) atoms. The van der Waals surface area contributed by atoms with Crippen molar-refractivity contribution in [2.45, 2.75) is 18.7 Å². The smallest absolute Gasteiger partial charge is 0.165 e. The molecule has 7 heteroatoms. The number of aliphatic hydroxyl groups excluding tert-OH is 1. The second kappa shape index (κ2) is 9.23. The molecule has 0 saturated carbocycles. The van der Waals surface area contributed by atoms with Crippen molar-refractivity contribution in [2.24, 2.45) is 0 Å². The second-order valence-corrected chi connectivity index (χ2v) is 6.59. The lowest BCUT2D eigenvalue weighted by atomic mass is 9.97. The Morgan fingerprint density at radius 3 is 2.39 bits per heavy atom. The Bertz CT molecular complexity index is 800. The van der Waals surface area contributed by atoms with Crippen LogP contribution < -0.4 is 14.2 Å². The fourth-order valence-electron chi connectivity index (χ4n) is 3.62. The molecule has 2 aromatic carbocycles. The van der Waals surface area contributed by atoms with Gasteiger partial charge in [0.15, 0.2) is 23.1 Å². The molecular formula is C21H26FNO5. The summed E-state index contributed by atoms with van der Waals surface area (Å²) in [5.41, 5.74) is 1.76. The zero-order valence-corrected chi connectivity index (χ0v) is 16.4. The number of hydrogen-bond donors (Lipinski definition) is 1. The van der Waals surface area contributed by atoms with Crippen LogP contribution in [0.2, 0.25) is 0 Å². The van der Waals surface area contributed by atoms with Crippen LogP contribution in [-0.4, -0.2) is 57.2 Å². The summed E-state index contributed by atoms with van der Waals surface area (Å²) < 4.78 is 35.6. The monoisotopic (exact) mass is 391 g/mol. The van der Waals surface area contributed by atoms with E-state index in [4.69, 9.17) is 18.9 Å². The minimum Gasteiger partial charge on any atom is -0.494 e. The number of nitrogens with zero attached hydrogens (tertiary/aromatic N) is 1. The normalized spacial score (nSPS) is 20.0. The first kappa shape index (κ1) is 20.4. The molecule has 1 N–H and O–H groups in total. The van der Waals surface area contributed by atoms with Crippen LogP contribution in [0.3, 0.4) is 0 Å². The standard InChI is InChI=1S/C21H26FNO5/c1-25-17-6-4-14(10-16(17)22)12-23-8-9-28-20(13-24)21(23)15-5-7-18(26-2)19(11-15)27-3/h4-7,10-11,20-21,24H,8-9,12-13H2,1-3H3/t20-,21-/m1/s1. The summed E-state index contributed by atoms with van der Waals surface area (Å²) in [5.74, 6) is 1.06. The quantitative estimate of drug-likeness (QED) is 0.783. The molecule has 0 spiro atoms. The Kier molecular flexibility index (Phi) is 6.72. The Hall–Kier alpha value is -2.35. The zero-order valence-electron chi connectivity index (χ0n) is 16.4. The lowest BCUT2D eigenvalue weighted by Gasteiger charge is -2.41. The summed E-state index contributed by atoms with van der Waals surface area (Å²) in [6.45, 7) is 1.54. The average molecular weight is 391 g/mol. The van der Waals surface area contributed by atoms with Gasteiger partial charge in [0.05, 0.1) is 40.6 Å². The minimum absolute atomic E-state index is 0.119. The lowest BCUT2D eigenvalue weighted by molar-refractivity contribution is -0.0961. The number of aliphatic hydroxyl groups is 1. The van der Waals surface area contributed by atoms with Crippen LogP contribution in [0.25, 0.3) is 0 Å². The molecule has 3 rings (SSSR count). The molecule has 0 radical (unpaired) electrons. The Morgan fingerprint density at radius 2 is 1.75 bits per heavy atom. The third kappa shape index (κ3) is 4.22. The molecule has 0 aliphatic carbocycles. The summed E-state index contributed by atoms with van der Waals surface area (Å²) in [5, 5.41) is 9.86. The van der Waals surface area contributed by atoms with E-state index in [9.17, 15) is 9.50 Å². The average Bonchev–Trinajstić information content (AvgIpc) is 2.73. The molecule has 1 aliphatic heterocycles. The van der Waals surface area contributed by atoms with Gasteiger partial charge in [-0.15, -0.1) is 0 Å². The maximum absolute atomic E-state index is 14.1. The maximum Gasteiger partial charge on any atom is 0.165 e. The predicted octanol–water partition coefficient (Wildman–Crippen LogP) is 2.79. The Balaban J connectivity index is 1.91. The lowest BCUT2D eigenvalue weighted by Crippen LogP contribution is -2.46. The molecule has 1 heterocycles. The maximum atomic E-state index is 14.1. The molecule has 1 fully saturated rings. The van der Waals surface area contributed by atoms with Crippen molar-refractivity contribution in [1.29, 1.82) is 0 Å². The van der Waals surface area contributed by atoms with Gasteiger partial charge in [0.2, 0.25) is 0 Å². The zero-order chi connectivity index (χ0) is 20.1. The van der Waals surface area contributed by atoms with E-state index in [2.05, 4.69) is 4.90 Å². The van der Waals surface area contributed by atoms with Crippen molar-refractivity contribution in [3.63, 3.8) is 0 Å². The van der Waals surface area contributed by atoms with Crippen LogP contribution in [0.5, 0.6) is 17.2 Å². The highest BCUT2D eigenvalue weighted by molar-refractivity contribution is 5.44. The molecule has 0 aromatic heterocycles. The topological polar surface area (TPSA) is 60.4 Å². The first-order valence-corrected chi connectivity index (χ1v) is 9.12. The molecule has 0 unspecified atom stereocenters. The number of methoxy groups -OCH3 is 3. The van der Waals surface area contributed by atoms with E-state index in [1.165, 1.54) is 13.2 Å². The highest BCUT2D eigenvalue weighted by Gasteiger charge is 2.34. The van der Waals surface area contributed by atoms with E-state index in [1.54, 1.807) is 20.3 Å². The Labute approximate surface area is 164 Å². The highest BCUT2D eigenvalue weighted by Crippen LogP contribution is 2.36. The molecule has 6 nitrogen and oxygen atoms in total. The van der Waals surface area contributed by atoms with E-state index < -0.39 is 11.9 Å². The summed E-state index contributed by atoms with van der Waals surface area (Å²) in [6, 6.07) is 10.4. The number of hydrogen-bond acceptors (Lipinski definition) is 6. The third-order valence-electron chi connectivity index (χ3n) is 4.99. The van der Waals surface area contributed by atoms with E-state index >= 15 is 0 Å². The molecule has 0 amide bonds. The van der Waals surface area contributed by atoms with Gasteiger partial charge in [-0.25, -0.2) is 4.39 Å². The van der Waals surface area contributed by atoms with Gasteiger partial charge in [-0.2, -0.15) is 0 Å². The SMILES string of the molecule is COc1ccc(CN2CCO[C@H](CO)[C@H]2c2ccc(OC)c(OC)c2)cc1F. The van der Waals surface area contributed by atoms with Crippen LogP contribution in [-0.2, 0) is 11.3 Å². The van der Waals surface area contributed by atoms with Crippen LogP contribution in [0.15, 0.2) is 36.4 Å². The second-order valence-electron chi connectivity index (χ2n) is 6.59. The molecule has 2 aromatic rings. The molecule has 2 atom stereocenters. The number of benzene rings is 2. The van der Waals surface area contributed by atoms with Gasteiger partial charge in [-0.05, 0) is 35.4 Å². The largest absolute Gasteiger partial charge is 0.494 e. The summed E-state index contributed by atoms with van der Waals surface area (Å²) in [7, 11) is 4.61. The van der Waals surface area contributed by atoms with Gasteiger partial charge in [0.1, 0.15) is 6.10 Å². The number of halogens is 1. The van der Waals surface area contributed by atoms with Gasteiger partial charge in [0, 0.05) is 13.1 Å². The number of rotatable bonds is 7. The first-order valence-electron chi connectivity index (χ1n) is 9.12. The molecule has 1 aliphatic rings. The van der Waals surface area contributed by atoms with Crippen LogP contribution in [0.1, 0.15) is 17.2 Å². The van der Waals surface area contributed by atoms with Crippen molar-refractivity contribution in [1.82, 2.24) is 4.90 Å². The van der Waals surface area contributed by atoms with Gasteiger partial charge < -0.3 is 24.1 Å². The van der Waals surface area contributed by atoms with E-state index in [-0.39, 0.29) is 18.4 Å². The van der Waals surface area contributed by atoms with Gasteiger partial charge in [-0.1, -0.05) is 12.1 Å². The third-order valence-corrected chi connectivity index (χ3v) is 4.99. The molecule has 152 valence electrons. The van der Waals surface area contributed by atoms with Crippen molar-refractivity contribution >= 4 is 0 Å². The Morgan fingerprint density at radius 1 is 1.04 bits per heavy atom. The van der Waals surface area contributed by atoms with Crippen LogP contribution in [0, 0.1) is 5.82 Å². The van der Waals surface area contributed by atoms with Crippen LogP contribution in [0.4, 0.5) is 4.39 Å². The van der Waals surface area contributed by atoms with E-state index in [1.807, 2.05) is 24.3 Å². The summed E-state index contributed by atoms with van der Waals surface area (Å²) in [6.07, 6.45) is -0.394. The van der Waals surface area contributed by atoms with Crippen molar-refractivity contribution in [3.8, 4) is 17.2 Å². The predicted molar refractivity (Wildman–Crippen MR) is 102 cm³/mol. The van der Waals surface area contributed by atoms with Crippen molar-refractivity contribution in [3.05, 3.63) is 53.3 Å².